The second-order valence-electron chi connectivity index (χ2n) is 3.83. The highest BCUT2D eigenvalue weighted by Gasteiger charge is 2.19. The first kappa shape index (κ1) is 14.6. The Labute approximate surface area is 111 Å². The van der Waals surface area contributed by atoms with E-state index >= 15 is 0 Å². The normalized spacial score (nSPS) is 10.3. The summed E-state index contributed by atoms with van der Waals surface area (Å²) in [5.41, 5.74) is 6.10. The lowest BCUT2D eigenvalue weighted by Gasteiger charge is -2.20. The Morgan fingerprint density at radius 1 is 1.61 bits per heavy atom. The highest BCUT2D eigenvalue weighted by atomic mass is 32.1. The molecule has 6 nitrogen and oxygen atoms in total. The van der Waals surface area contributed by atoms with Gasteiger partial charge in [-0.05, 0) is 6.92 Å². The molecule has 2 N–H and O–H groups in total. The van der Waals surface area contributed by atoms with Gasteiger partial charge in [0.2, 0.25) is 5.76 Å². The SMILES string of the molecule is COCCN(CCC(N)=S)C(=O)c1cc(C)no1. The summed E-state index contributed by atoms with van der Waals surface area (Å²) in [6.07, 6.45) is 0.470. The number of thiocarbonyl (C=S) groups is 1. The first-order valence-corrected chi connectivity index (χ1v) is 5.95. The molecule has 7 heteroatoms. The van der Waals surface area contributed by atoms with Gasteiger partial charge in [-0.1, -0.05) is 17.4 Å². The van der Waals surface area contributed by atoms with E-state index in [2.05, 4.69) is 5.16 Å². The lowest BCUT2D eigenvalue weighted by molar-refractivity contribution is 0.0661. The van der Waals surface area contributed by atoms with Gasteiger partial charge < -0.3 is 19.9 Å². The summed E-state index contributed by atoms with van der Waals surface area (Å²) in [5.74, 6) is -0.0181. The number of aryl methyl sites for hydroxylation is 1. The fraction of sp³-hybridized carbons (Fsp3) is 0.545. The Hall–Kier alpha value is -1.47. The van der Waals surface area contributed by atoms with Crippen molar-refractivity contribution in [1.82, 2.24) is 10.1 Å². The summed E-state index contributed by atoms with van der Waals surface area (Å²) in [5, 5.41) is 3.69. The summed E-state index contributed by atoms with van der Waals surface area (Å²) in [7, 11) is 1.58. The number of amides is 1. The van der Waals surface area contributed by atoms with Gasteiger partial charge in [-0.2, -0.15) is 0 Å². The zero-order valence-corrected chi connectivity index (χ0v) is 11.3. The van der Waals surface area contributed by atoms with Crippen LogP contribution in [-0.2, 0) is 4.74 Å². The third-order valence-electron chi connectivity index (χ3n) is 2.32. The number of nitrogens with two attached hydrogens (primary N) is 1. The van der Waals surface area contributed by atoms with E-state index in [1.54, 1.807) is 25.0 Å². The average molecular weight is 271 g/mol. The number of aromatic nitrogens is 1. The van der Waals surface area contributed by atoms with E-state index in [4.69, 9.17) is 27.2 Å². The first-order valence-electron chi connectivity index (χ1n) is 5.54. The van der Waals surface area contributed by atoms with E-state index in [1.807, 2.05) is 0 Å². The van der Waals surface area contributed by atoms with E-state index in [1.165, 1.54) is 0 Å². The van der Waals surface area contributed by atoms with Crippen molar-refractivity contribution in [3.8, 4) is 0 Å². The molecule has 0 unspecified atom stereocenters. The number of nitrogens with zero attached hydrogens (tertiary/aromatic N) is 2. The second kappa shape index (κ2) is 7.07. The summed E-state index contributed by atoms with van der Waals surface area (Å²) >= 11 is 4.81. The quantitative estimate of drug-likeness (QED) is 0.737. The van der Waals surface area contributed by atoms with Crippen LogP contribution in [-0.4, -0.2) is 47.8 Å². The maximum absolute atomic E-state index is 12.1. The van der Waals surface area contributed by atoms with Gasteiger partial charge in [0.1, 0.15) is 0 Å². The number of carbonyl (C=O) groups excluding carboxylic acids is 1. The van der Waals surface area contributed by atoms with E-state index in [0.29, 0.717) is 36.8 Å². The largest absolute Gasteiger partial charge is 0.393 e. The summed E-state index contributed by atoms with van der Waals surface area (Å²) in [6, 6.07) is 1.60. The summed E-state index contributed by atoms with van der Waals surface area (Å²) in [4.78, 5) is 14.1. The predicted molar refractivity (Wildman–Crippen MR) is 70.4 cm³/mol. The van der Waals surface area contributed by atoms with Gasteiger partial charge in [0.15, 0.2) is 0 Å². The lowest BCUT2D eigenvalue weighted by Crippen LogP contribution is -2.36. The minimum Gasteiger partial charge on any atom is -0.393 e. The Morgan fingerprint density at radius 3 is 2.83 bits per heavy atom. The van der Waals surface area contributed by atoms with E-state index in [-0.39, 0.29) is 11.7 Å². The van der Waals surface area contributed by atoms with Crippen molar-refractivity contribution in [3.63, 3.8) is 0 Å². The number of methoxy groups -OCH3 is 1. The van der Waals surface area contributed by atoms with Crippen LogP contribution in [0.5, 0.6) is 0 Å². The molecule has 0 saturated carbocycles. The van der Waals surface area contributed by atoms with Crippen molar-refractivity contribution in [2.45, 2.75) is 13.3 Å². The van der Waals surface area contributed by atoms with Crippen molar-refractivity contribution in [3.05, 3.63) is 17.5 Å². The van der Waals surface area contributed by atoms with Crippen LogP contribution >= 0.6 is 12.2 Å². The molecule has 0 bridgehead atoms. The summed E-state index contributed by atoms with van der Waals surface area (Å²) in [6.45, 7) is 3.10. The fourth-order valence-electron chi connectivity index (χ4n) is 1.38. The van der Waals surface area contributed by atoms with Gasteiger partial charge in [0, 0.05) is 32.7 Å². The topological polar surface area (TPSA) is 81.6 Å². The Kier molecular flexibility index (Phi) is 5.73. The van der Waals surface area contributed by atoms with Crippen LogP contribution in [0.25, 0.3) is 0 Å². The molecule has 1 aromatic heterocycles. The predicted octanol–water partition coefficient (Wildman–Crippen LogP) is 0.748. The zero-order chi connectivity index (χ0) is 13.5. The fourth-order valence-corrected chi connectivity index (χ4v) is 1.47. The average Bonchev–Trinajstić information content (AvgIpc) is 2.75. The Bertz CT molecular complexity index is 419. The van der Waals surface area contributed by atoms with Crippen molar-refractivity contribution in [2.75, 3.05) is 26.8 Å². The molecule has 0 spiro atoms. The van der Waals surface area contributed by atoms with Gasteiger partial charge in [-0.25, -0.2) is 0 Å². The highest BCUT2D eigenvalue weighted by molar-refractivity contribution is 7.80. The number of hydrogen-bond acceptors (Lipinski definition) is 5. The Balaban J connectivity index is 2.68. The molecule has 1 aromatic rings. The van der Waals surface area contributed by atoms with Crippen molar-refractivity contribution < 1.29 is 14.1 Å². The van der Waals surface area contributed by atoms with E-state index < -0.39 is 0 Å². The molecule has 1 rings (SSSR count). The molecule has 100 valence electrons. The number of ether oxygens (including phenoxy) is 1. The highest BCUT2D eigenvalue weighted by Crippen LogP contribution is 2.07. The van der Waals surface area contributed by atoms with Gasteiger partial charge in [0.05, 0.1) is 17.3 Å². The monoisotopic (exact) mass is 271 g/mol. The van der Waals surface area contributed by atoms with Crippen LogP contribution in [0.4, 0.5) is 0 Å². The molecule has 0 saturated heterocycles. The first-order chi connectivity index (χ1) is 8.54. The zero-order valence-electron chi connectivity index (χ0n) is 10.5. The molecule has 18 heavy (non-hydrogen) atoms. The number of carbonyl (C=O) groups is 1. The molecule has 0 aliphatic heterocycles. The third kappa shape index (κ3) is 4.42. The van der Waals surface area contributed by atoms with Crippen molar-refractivity contribution >= 4 is 23.1 Å². The van der Waals surface area contributed by atoms with Crippen LogP contribution in [0.1, 0.15) is 22.7 Å². The molecule has 0 aliphatic rings. The maximum atomic E-state index is 12.1. The smallest absolute Gasteiger partial charge is 0.292 e. The molecule has 0 aliphatic carbocycles. The number of rotatable bonds is 7. The van der Waals surface area contributed by atoms with Crippen LogP contribution < -0.4 is 5.73 Å². The molecular formula is C11H17N3O3S. The van der Waals surface area contributed by atoms with Crippen molar-refractivity contribution in [1.29, 1.82) is 0 Å². The molecule has 0 aromatic carbocycles. The van der Waals surface area contributed by atoms with Gasteiger partial charge in [0.25, 0.3) is 5.91 Å². The van der Waals surface area contributed by atoms with E-state index in [0.717, 1.165) is 0 Å². The van der Waals surface area contributed by atoms with Gasteiger partial charge in [-0.15, -0.1) is 0 Å². The minimum atomic E-state index is -0.232. The second-order valence-corrected chi connectivity index (χ2v) is 4.36. The van der Waals surface area contributed by atoms with Crippen LogP contribution in [0, 0.1) is 6.92 Å². The molecular weight excluding hydrogens is 254 g/mol. The van der Waals surface area contributed by atoms with Gasteiger partial charge >= 0.3 is 0 Å². The lowest BCUT2D eigenvalue weighted by atomic mass is 10.3. The van der Waals surface area contributed by atoms with E-state index in [9.17, 15) is 4.79 Å². The van der Waals surface area contributed by atoms with Gasteiger partial charge in [-0.3, -0.25) is 4.79 Å². The van der Waals surface area contributed by atoms with Crippen LogP contribution in [0.2, 0.25) is 0 Å². The van der Waals surface area contributed by atoms with Crippen LogP contribution in [0.3, 0.4) is 0 Å². The number of hydrogen-bond donors (Lipinski definition) is 1. The molecule has 0 atom stereocenters. The van der Waals surface area contributed by atoms with Crippen LogP contribution in [0.15, 0.2) is 10.6 Å². The standard InChI is InChI=1S/C11H17N3O3S/c1-8-7-9(17-13-8)11(15)14(5-6-16-2)4-3-10(12)18/h7H,3-6H2,1-2H3,(H2,12,18). The Morgan fingerprint density at radius 2 is 2.33 bits per heavy atom. The molecule has 0 radical (unpaired) electrons. The summed E-state index contributed by atoms with van der Waals surface area (Å²) < 4.78 is 9.91. The third-order valence-corrected chi connectivity index (χ3v) is 2.52. The maximum Gasteiger partial charge on any atom is 0.292 e. The van der Waals surface area contributed by atoms with Crippen molar-refractivity contribution in [2.24, 2.45) is 5.73 Å². The molecule has 1 heterocycles. The molecule has 0 fully saturated rings. The molecule has 1 amide bonds. The minimum absolute atomic E-state index is 0.214.